The lowest BCUT2D eigenvalue weighted by Crippen LogP contribution is -2.35. The van der Waals surface area contributed by atoms with Crippen LogP contribution in [0.1, 0.15) is 168 Å². The standard InChI is InChI=1S/C48H96N8O2/c1-3-5-7-17-23-43-29-30-44(24-18-13-12-16-22-28-48(58)56-42-40-54-38-36-52-34-32-50)46(45(43)25-19-8-6-4-2)26-20-14-10-9-11-15-21-27-47(57)55-41-39-53-37-35-51-33-31-49/h20,26,29-30,43-46,51-54H,3-19,21-25,27-28,31-42,49-50H2,1-2H3,(H,55,57)(H,56,58). The van der Waals surface area contributed by atoms with Crippen molar-refractivity contribution in [3.05, 3.63) is 24.3 Å². The molecule has 1 rings (SSSR count). The first-order chi connectivity index (χ1) is 28.6. The largest absolute Gasteiger partial charge is 0.355 e. The van der Waals surface area contributed by atoms with Gasteiger partial charge >= 0.3 is 0 Å². The topological polar surface area (TPSA) is 158 Å². The molecule has 10 heteroatoms. The molecule has 0 radical (unpaired) electrons. The van der Waals surface area contributed by atoms with Gasteiger partial charge in [0.1, 0.15) is 0 Å². The van der Waals surface area contributed by atoms with Gasteiger partial charge in [0, 0.05) is 91.4 Å². The normalized spacial score (nSPS) is 18.0. The number of hydrogen-bond donors (Lipinski definition) is 8. The molecule has 0 saturated carbocycles. The number of hydrogen-bond acceptors (Lipinski definition) is 8. The van der Waals surface area contributed by atoms with Gasteiger partial charge in [-0.2, -0.15) is 0 Å². The Morgan fingerprint density at radius 2 is 0.897 bits per heavy atom. The van der Waals surface area contributed by atoms with E-state index in [1.807, 2.05) is 0 Å². The van der Waals surface area contributed by atoms with Gasteiger partial charge in [0.25, 0.3) is 0 Å². The maximum absolute atomic E-state index is 12.3. The van der Waals surface area contributed by atoms with E-state index in [1.54, 1.807) is 0 Å². The molecule has 0 saturated heterocycles. The van der Waals surface area contributed by atoms with Crippen LogP contribution in [0.5, 0.6) is 0 Å². The van der Waals surface area contributed by atoms with Crippen molar-refractivity contribution in [2.45, 2.75) is 168 Å². The molecular formula is C48H96N8O2. The third-order valence-electron chi connectivity index (χ3n) is 11.8. The molecule has 10 nitrogen and oxygen atoms in total. The molecular weight excluding hydrogens is 721 g/mol. The van der Waals surface area contributed by atoms with E-state index in [2.05, 4.69) is 70.1 Å². The van der Waals surface area contributed by atoms with Crippen LogP contribution in [0.2, 0.25) is 0 Å². The van der Waals surface area contributed by atoms with Crippen LogP contribution < -0.4 is 43.4 Å². The summed E-state index contributed by atoms with van der Waals surface area (Å²) in [6.07, 6.45) is 39.5. The van der Waals surface area contributed by atoms with E-state index in [1.165, 1.54) is 116 Å². The van der Waals surface area contributed by atoms with Crippen LogP contribution in [-0.4, -0.2) is 90.4 Å². The molecule has 10 N–H and O–H groups in total. The molecule has 58 heavy (non-hydrogen) atoms. The van der Waals surface area contributed by atoms with E-state index >= 15 is 0 Å². The Morgan fingerprint density at radius 1 is 0.483 bits per heavy atom. The highest BCUT2D eigenvalue weighted by molar-refractivity contribution is 5.76. The van der Waals surface area contributed by atoms with E-state index in [-0.39, 0.29) is 11.8 Å². The molecule has 0 spiro atoms. The highest BCUT2D eigenvalue weighted by Gasteiger charge is 2.33. The van der Waals surface area contributed by atoms with Crippen molar-refractivity contribution >= 4 is 11.8 Å². The van der Waals surface area contributed by atoms with E-state index in [4.69, 9.17) is 11.5 Å². The fraction of sp³-hybridized carbons (Fsp3) is 0.875. The molecule has 4 atom stereocenters. The molecule has 0 aromatic carbocycles. The first-order valence-electron chi connectivity index (χ1n) is 24.7. The van der Waals surface area contributed by atoms with Crippen molar-refractivity contribution in [2.75, 3.05) is 78.5 Å². The summed E-state index contributed by atoms with van der Waals surface area (Å²) in [7, 11) is 0. The molecule has 0 aromatic rings. The average Bonchev–Trinajstić information content (AvgIpc) is 3.22. The first-order valence-corrected chi connectivity index (χ1v) is 24.7. The number of allylic oxidation sites excluding steroid dienone is 4. The number of carbonyl (C=O) groups excluding carboxylic acids is 2. The van der Waals surface area contributed by atoms with Crippen LogP contribution in [0.15, 0.2) is 24.3 Å². The fourth-order valence-corrected chi connectivity index (χ4v) is 8.41. The fourth-order valence-electron chi connectivity index (χ4n) is 8.41. The van der Waals surface area contributed by atoms with Gasteiger partial charge < -0.3 is 43.4 Å². The van der Waals surface area contributed by atoms with Gasteiger partial charge in [0.05, 0.1) is 0 Å². The molecule has 0 aliphatic heterocycles. The lowest BCUT2D eigenvalue weighted by Gasteiger charge is -2.39. The second-order valence-electron chi connectivity index (χ2n) is 17.0. The summed E-state index contributed by atoms with van der Waals surface area (Å²) >= 11 is 0. The zero-order valence-corrected chi connectivity index (χ0v) is 38.0. The molecule has 4 unspecified atom stereocenters. The second kappa shape index (κ2) is 41.9. The number of nitrogens with one attached hydrogen (secondary N) is 6. The molecule has 0 fully saturated rings. The van der Waals surface area contributed by atoms with Crippen LogP contribution in [0.25, 0.3) is 0 Å². The van der Waals surface area contributed by atoms with E-state index < -0.39 is 0 Å². The van der Waals surface area contributed by atoms with Crippen molar-refractivity contribution < 1.29 is 9.59 Å². The van der Waals surface area contributed by atoms with Gasteiger partial charge in [-0.05, 0) is 68.6 Å². The summed E-state index contributed by atoms with van der Waals surface area (Å²) in [5, 5.41) is 19.3. The van der Waals surface area contributed by atoms with E-state index in [0.717, 1.165) is 89.9 Å². The third kappa shape index (κ3) is 32.0. The van der Waals surface area contributed by atoms with Crippen molar-refractivity contribution in [3.63, 3.8) is 0 Å². The maximum Gasteiger partial charge on any atom is 0.220 e. The van der Waals surface area contributed by atoms with E-state index in [9.17, 15) is 9.59 Å². The Hall–Kier alpha value is -1.82. The molecule has 340 valence electrons. The SMILES string of the molecule is CCCCCCC1C=CC(CCCCCCCC(=O)NCCNCCNCCN)C(C=CCCCCCCCC(=O)NCCNCCNCCN)C1CCCCCC. The van der Waals surface area contributed by atoms with Crippen molar-refractivity contribution in [3.8, 4) is 0 Å². The lowest BCUT2D eigenvalue weighted by molar-refractivity contribution is -0.122. The quantitative estimate of drug-likeness (QED) is 0.0233. The summed E-state index contributed by atoms with van der Waals surface area (Å²) in [5.74, 6) is 3.16. The number of unbranched alkanes of at least 4 members (excludes halogenated alkanes) is 15. The number of amides is 2. The Bertz CT molecular complexity index is 979. The minimum Gasteiger partial charge on any atom is -0.355 e. The first kappa shape index (κ1) is 54.2. The van der Waals surface area contributed by atoms with Gasteiger partial charge in [0.15, 0.2) is 0 Å². The summed E-state index contributed by atoms with van der Waals surface area (Å²) < 4.78 is 0. The molecule has 1 aliphatic carbocycles. The van der Waals surface area contributed by atoms with Crippen LogP contribution in [-0.2, 0) is 9.59 Å². The van der Waals surface area contributed by atoms with Gasteiger partial charge in [-0.15, -0.1) is 0 Å². The number of rotatable bonds is 43. The molecule has 0 heterocycles. The highest BCUT2D eigenvalue weighted by Crippen LogP contribution is 2.43. The van der Waals surface area contributed by atoms with Crippen LogP contribution in [0, 0.1) is 23.7 Å². The Labute approximate surface area is 358 Å². The minimum atomic E-state index is 0.179. The predicted octanol–water partition coefficient (Wildman–Crippen LogP) is 7.49. The number of nitrogens with two attached hydrogens (primary N) is 2. The van der Waals surface area contributed by atoms with Crippen molar-refractivity contribution in [1.29, 1.82) is 0 Å². The van der Waals surface area contributed by atoms with Crippen LogP contribution in [0.4, 0.5) is 0 Å². The zero-order valence-electron chi connectivity index (χ0n) is 38.0. The van der Waals surface area contributed by atoms with Crippen molar-refractivity contribution in [2.24, 2.45) is 35.1 Å². The Kier molecular flexibility index (Phi) is 39.1. The van der Waals surface area contributed by atoms with Gasteiger partial charge in [-0.3, -0.25) is 9.59 Å². The minimum absolute atomic E-state index is 0.179. The van der Waals surface area contributed by atoms with Crippen LogP contribution >= 0.6 is 0 Å². The monoisotopic (exact) mass is 817 g/mol. The van der Waals surface area contributed by atoms with Crippen molar-refractivity contribution in [1.82, 2.24) is 31.9 Å². The highest BCUT2D eigenvalue weighted by atomic mass is 16.2. The lowest BCUT2D eigenvalue weighted by atomic mass is 9.66. The average molecular weight is 817 g/mol. The van der Waals surface area contributed by atoms with Crippen LogP contribution in [0.3, 0.4) is 0 Å². The predicted molar refractivity (Wildman–Crippen MR) is 250 cm³/mol. The van der Waals surface area contributed by atoms with Gasteiger partial charge in [0.2, 0.25) is 11.8 Å². The maximum atomic E-state index is 12.3. The summed E-state index contributed by atoms with van der Waals surface area (Å²) in [4.78, 5) is 24.5. The zero-order chi connectivity index (χ0) is 42.0. The van der Waals surface area contributed by atoms with Gasteiger partial charge in [-0.1, -0.05) is 134 Å². The molecule has 0 aromatic heterocycles. The second-order valence-corrected chi connectivity index (χ2v) is 17.0. The van der Waals surface area contributed by atoms with Gasteiger partial charge in [-0.25, -0.2) is 0 Å². The summed E-state index contributed by atoms with van der Waals surface area (Å²) in [5.41, 5.74) is 11.0. The Balaban J connectivity index is 2.50. The molecule has 2 amide bonds. The Morgan fingerprint density at radius 3 is 1.43 bits per heavy atom. The van der Waals surface area contributed by atoms with E-state index in [0.29, 0.717) is 50.9 Å². The molecule has 0 bridgehead atoms. The smallest absolute Gasteiger partial charge is 0.220 e. The molecule has 1 aliphatic rings. The summed E-state index contributed by atoms with van der Waals surface area (Å²) in [6.45, 7) is 14.2. The summed E-state index contributed by atoms with van der Waals surface area (Å²) in [6, 6.07) is 0. The third-order valence-corrected chi connectivity index (χ3v) is 11.8. The number of carbonyl (C=O) groups is 2.